The average Bonchev–Trinajstić information content (AvgIpc) is 2.51. The highest BCUT2D eigenvalue weighted by Gasteiger charge is 2.23. The Balaban J connectivity index is 2.15. The predicted molar refractivity (Wildman–Crippen MR) is 70.6 cm³/mol. The van der Waals surface area contributed by atoms with Crippen LogP contribution < -0.4 is 0 Å². The summed E-state index contributed by atoms with van der Waals surface area (Å²) in [6.07, 6.45) is 3.26. The molecule has 1 amide bonds. The molecule has 1 heterocycles. The van der Waals surface area contributed by atoms with E-state index in [9.17, 15) is 9.59 Å². The monoisotopic (exact) mass is 245 g/mol. The van der Waals surface area contributed by atoms with Gasteiger partial charge in [0.05, 0.1) is 6.54 Å². The van der Waals surface area contributed by atoms with E-state index in [0.717, 1.165) is 30.4 Å². The summed E-state index contributed by atoms with van der Waals surface area (Å²) in [5.41, 5.74) is 1.87. The zero-order chi connectivity index (χ0) is 13.0. The summed E-state index contributed by atoms with van der Waals surface area (Å²) in [4.78, 5) is 25.7. The first-order valence-corrected chi connectivity index (χ1v) is 6.61. The number of nitrogens with zero attached hydrogens (tertiary/aromatic N) is 1. The van der Waals surface area contributed by atoms with Gasteiger partial charge in [-0.05, 0) is 30.9 Å². The maximum absolute atomic E-state index is 12.4. The molecule has 3 heteroatoms. The average molecular weight is 245 g/mol. The van der Waals surface area contributed by atoms with Crippen molar-refractivity contribution in [1.82, 2.24) is 4.90 Å². The summed E-state index contributed by atoms with van der Waals surface area (Å²) in [5, 5.41) is 0. The molecular weight excluding hydrogens is 226 g/mol. The van der Waals surface area contributed by atoms with Crippen LogP contribution in [0.3, 0.4) is 0 Å². The van der Waals surface area contributed by atoms with Gasteiger partial charge in [0.2, 0.25) is 0 Å². The Hall–Kier alpha value is -1.64. The van der Waals surface area contributed by atoms with Crippen LogP contribution in [-0.2, 0) is 11.2 Å². The fraction of sp³-hybridized carbons (Fsp3) is 0.467. The lowest BCUT2D eigenvalue weighted by Gasteiger charge is -2.19. The highest BCUT2D eigenvalue weighted by molar-refractivity contribution is 5.98. The molecule has 0 bridgehead atoms. The van der Waals surface area contributed by atoms with Crippen LogP contribution >= 0.6 is 0 Å². The number of amides is 1. The van der Waals surface area contributed by atoms with E-state index in [4.69, 9.17) is 0 Å². The summed E-state index contributed by atoms with van der Waals surface area (Å²) in [7, 11) is 0. The molecule has 0 spiro atoms. The van der Waals surface area contributed by atoms with Crippen LogP contribution in [0, 0.1) is 0 Å². The highest BCUT2D eigenvalue weighted by Crippen LogP contribution is 2.18. The summed E-state index contributed by atoms with van der Waals surface area (Å²) < 4.78 is 0. The molecule has 1 aliphatic heterocycles. The lowest BCUT2D eigenvalue weighted by molar-refractivity contribution is -0.119. The quantitative estimate of drug-likeness (QED) is 0.817. The molecule has 0 saturated heterocycles. The number of rotatable bonds is 4. The van der Waals surface area contributed by atoms with Gasteiger partial charge in [-0.1, -0.05) is 25.1 Å². The number of aryl methyl sites for hydroxylation is 1. The van der Waals surface area contributed by atoms with Crippen molar-refractivity contribution in [3.63, 3.8) is 0 Å². The topological polar surface area (TPSA) is 37.4 Å². The smallest absolute Gasteiger partial charge is 0.254 e. The molecule has 1 aromatic carbocycles. The molecule has 0 unspecified atom stereocenters. The Morgan fingerprint density at radius 1 is 1.33 bits per heavy atom. The van der Waals surface area contributed by atoms with Crippen molar-refractivity contribution in [3.05, 3.63) is 35.4 Å². The third-order valence-electron chi connectivity index (χ3n) is 3.31. The number of benzene rings is 1. The third-order valence-corrected chi connectivity index (χ3v) is 3.31. The van der Waals surface area contributed by atoms with Crippen molar-refractivity contribution >= 4 is 11.7 Å². The van der Waals surface area contributed by atoms with Crippen molar-refractivity contribution in [2.45, 2.75) is 32.6 Å². The number of Topliss-reactive ketones (excluding diaryl/α,β-unsaturated/α-hetero) is 1. The van der Waals surface area contributed by atoms with E-state index in [2.05, 4.69) is 0 Å². The van der Waals surface area contributed by atoms with E-state index in [1.165, 1.54) is 0 Å². The van der Waals surface area contributed by atoms with Crippen LogP contribution in [0.15, 0.2) is 24.3 Å². The van der Waals surface area contributed by atoms with Gasteiger partial charge in [0.25, 0.3) is 5.91 Å². The van der Waals surface area contributed by atoms with E-state index in [0.29, 0.717) is 13.0 Å². The zero-order valence-electron chi connectivity index (χ0n) is 10.8. The number of ketones is 1. The van der Waals surface area contributed by atoms with Crippen molar-refractivity contribution in [2.75, 3.05) is 13.1 Å². The molecule has 0 saturated carbocycles. The maximum Gasteiger partial charge on any atom is 0.254 e. The van der Waals surface area contributed by atoms with Crippen LogP contribution in [0.1, 0.15) is 42.1 Å². The lowest BCUT2D eigenvalue weighted by atomic mass is 10.0. The fourth-order valence-corrected chi connectivity index (χ4v) is 2.40. The lowest BCUT2D eigenvalue weighted by Crippen LogP contribution is -2.35. The number of hydrogen-bond donors (Lipinski definition) is 0. The number of carbonyl (C=O) groups is 2. The molecule has 3 nitrogen and oxygen atoms in total. The second-order valence-corrected chi connectivity index (χ2v) is 4.78. The Labute approximate surface area is 108 Å². The molecule has 96 valence electrons. The second-order valence-electron chi connectivity index (χ2n) is 4.78. The Bertz CT molecular complexity index is 454. The molecule has 0 aliphatic carbocycles. The Morgan fingerprint density at radius 3 is 2.89 bits per heavy atom. The van der Waals surface area contributed by atoms with Crippen LogP contribution in [0.4, 0.5) is 0 Å². The van der Waals surface area contributed by atoms with E-state index in [1.54, 1.807) is 4.90 Å². The van der Waals surface area contributed by atoms with Gasteiger partial charge >= 0.3 is 0 Å². The van der Waals surface area contributed by atoms with Gasteiger partial charge in [0.15, 0.2) is 5.78 Å². The van der Waals surface area contributed by atoms with E-state index in [1.807, 2.05) is 31.2 Å². The summed E-state index contributed by atoms with van der Waals surface area (Å²) in [5.74, 6) is 0.165. The fourth-order valence-electron chi connectivity index (χ4n) is 2.40. The molecule has 0 atom stereocenters. The first kappa shape index (κ1) is 12.8. The minimum atomic E-state index is 0.00699. The van der Waals surface area contributed by atoms with Gasteiger partial charge in [-0.2, -0.15) is 0 Å². The molecule has 1 aliphatic rings. The molecular formula is C15H19NO2. The van der Waals surface area contributed by atoms with Crippen LogP contribution in [0.2, 0.25) is 0 Å². The minimum Gasteiger partial charge on any atom is -0.331 e. The zero-order valence-corrected chi connectivity index (χ0v) is 10.8. The highest BCUT2D eigenvalue weighted by atomic mass is 16.2. The summed E-state index contributed by atoms with van der Waals surface area (Å²) >= 11 is 0. The summed E-state index contributed by atoms with van der Waals surface area (Å²) in [6.45, 7) is 2.93. The standard InChI is InChI=1S/C15H19NO2/c1-2-6-13(17)11-16-10-5-8-12-7-3-4-9-14(12)15(16)18/h3-4,7,9H,2,5-6,8,10-11H2,1H3. The number of fused-ring (bicyclic) bond motifs is 1. The van der Waals surface area contributed by atoms with Gasteiger partial charge in [-0.15, -0.1) is 0 Å². The van der Waals surface area contributed by atoms with Crippen molar-refractivity contribution in [2.24, 2.45) is 0 Å². The number of hydrogen-bond acceptors (Lipinski definition) is 2. The van der Waals surface area contributed by atoms with Crippen LogP contribution in [0.25, 0.3) is 0 Å². The normalized spacial score (nSPS) is 15.2. The van der Waals surface area contributed by atoms with E-state index in [-0.39, 0.29) is 18.2 Å². The maximum atomic E-state index is 12.4. The molecule has 2 rings (SSSR count). The van der Waals surface area contributed by atoms with Gasteiger partial charge in [-0.25, -0.2) is 0 Å². The first-order chi connectivity index (χ1) is 8.72. The van der Waals surface area contributed by atoms with Gasteiger partial charge < -0.3 is 4.90 Å². The molecule has 0 N–H and O–H groups in total. The van der Waals surface area contributed by atoms with Gasteiger partial charge in [-0.3, -0.25) is 9.59 Å². The second kappa shape index (κ2) is 5.80. The SMILES string of the molecule is CCCC(=O)CN1CCCc2ccccc2C1=O. The summed E-state index contributed by atoms with van der Waals surface area (Å²) in [6, 6.07) is 7.71. The first-order valence-electron chi connectivity index (χ1n) is 6.61. The van der Waals surface area contributed by atoms with Crippen molar-refractivity contribution in [1.29, 1.82) is 0 Å². The van der Waals surface area contributed by atoms with E-state index >= 15 is 0 Å². The Kier molecular flexibility index (Phi) is 4.13. The molecule has 18 heavy (non-hydrogen) atoms. The molecule has 1 aromatic rings. The van der Waals surface area contributed by atoms with Gasteiger partial charge in [0, 0.05) is 18.5 Å². The molecule has 0 fully saturated rings. The minimum absolute atomic E-state index is 0.00699. The van der Waals surface area contributed by atoms with E-state index < -0.39 is 0 Å². The largest absolute Gasteiger partial charge is 0.331 e. The number of carbonyl (C=O) groups excluding carboxylic acids is 2. The molecule has 0 aromatic heterocycles. The predicted octanol–water partition coefficient (Wildman–Crippen LogP) is 2.44. The third kappa shape index (κ3) is 2.78. The van der Waals surface area contributed by atoms with Crippen molar-refractivity contribution in [3.8, 4) is 0 Å². The van der Waals surface area contributed by atoms with Gasteiger partial charge in [0.1, 0.15) is 0 Å². The Morgan fingerprint density at radius 2 is 2.11 bits per heavy atom. The molecule has 0 radical (unpaired) electrons. The van der Waals surface area contributed by atoms with Crippen LogP contribution in [-0.4, -0.2) is 29.7 Å². The van der Waals surface area contributed by atoms with Crippen molar-refractivity contribution < 1.29 is 9.59 Å². The van der Waals surface area contributed by atoms with Crippen LogP contribution in [0.5, 0.6) is 0 Å².